The number of Topliss-reactive ketones (excluding diaryl/α,β-unsaturated/α-hetero) is 1. The monoisotopic (exact) mass is 354 g/mol. The van der Waals surface area contributed by atoms with Crippen molar-refractivity contribution in [3.63, 3.8) is 0 Å². The standard InChI is InChI=1S/C21H26N2O3/c1-13(15-5-9-22(3)10-6-15)17-19(24)18(21(26)20(17)25)14(2)16-7-11-23(4)12-8-16/h5-12,17-20,24-25H,1-4H3. The van der Waals surface area contributed by atoms with Crippen molar-refractivity contribution in [1.82, 2.24) is 9.80 Å². The summed E-state index contributed by atoms with van der Waals surface area (Å²) in [5, 5.41) is 21.5. The van der Waals surface area contributed by atoms with Crippen molar-refractivity contribution in [1.29, 1.82) is 0 Å². The smallest absolute Gasteiger partial charge is 0.171 e. The molecule has 2 aliphatic heterocycles. The van der Waals surface area contributed by atoms with Gasteiger partial charge in [-0.3, -0.25) is 4.79 Å². The van der Waals surface area contributed by atoms with Crippen molar-refractivity contribution in [2.75, 3.05) is 14.1 Å². The number of hydrogen-bond donors (Lipinski definition) is 2. The number of hydrogen-bond acceptors (Lipinski definition) is 5. The lowest BCUT2D eigenvalue weighted by atomic mass is 9.86. The molecule has 4 unspecified atom stereocenters. The number of allylic oxidation sites excluding steroid dienone is 6. The van der Waals surface area contributed by atoms with Crippen molar-refractivity contribution < 1.29 is 15.0 Å². The van der Waals surface area contributed by atoms with Crippen LogP contribution in [0.4, 0.5) is 0 Å². The van der Waals surface area contributed by atoms with Crippen LogP contribution in [-0.4, -0.2) is 52.1 Å². The van der Waals surface area contributed by atoms with E-state index in [0.717, 1.165) is 22.3 Å². The molecule has 0 amide bonds. The average molecular weight is 354 g/mol. The van der Waals surface area contributed by atoms with Crippen molar-refractivity contribution in [2.45, 2.75) is 26.1 Å². The van der Waals surface area contributed by atoms with Gasteiger partial charge in [0.2, 0.25) is 0 Å². The second-order valence-corrected chi connectivity index (χ2v) is 7.21. The molecule has 1 fully saturated rings. The summed E-state index contributed by atoms with van der Waals surface area (Å²) in [7, 11) is 3.85. The summed E-state index contributed by atoms with van der Waals surface area (Å²) in [6, 6.07) is 0. The zero-order chi connectivity index (χ0) is 19.0. The molecule has 0 aromatic carbocycles. The van der Waals surface area contributed by atoms with E-state index in [-0.39, 0.29) is 5.78 Å². The Kier molecular flexibility index (Phi) is 5.03. The molecule has 2 heterocycles. The van der Waals surface area contributed by atoms with E-state index in [1.54, 1.807) is 0 Å². The lowest BCUT2D eigenvalue weighted by Crippen LogP contribution is -2.27. The molecule has 3 aliphatic rings. The Hall–Kier alpha value is -2.37. The highest BCUT2D eigenvalue weighted by atomic mass is 16.3. The summed E-state index contributed by atoms with van der Waals surface area (Å²) >= 11 is 0. The van der Waals surface area contributed by atoms with Gasteiger partial charge in [-0.15, -0.1) is 0 Å². The van der Waals surface area contributed by atoms with Crippen LogP contribution >= 0.6 is 0 Å². The van der Waals surface area contributed by atoms with Crippen LogP contribution in [0.3, 0.4) is 0 Å². The van der Waals surface area contributed by atoms with Crippen LogP contribution in [0.15, 0.2) is 71.4 Å². The van der Waals surface area contributed by atoms with Crippen LogP contribution in [0.2, 0.25) is 0 Å². The van der Waals surface area contributed by atoms with Gasteiger partial charge in [0.25, 0.3) is 0 Å². The number of nitrogens with zero attached hydrogens (tertiary/aromatic N) is 2. The van der Waals surface area contributed by atoms with Crippen LogP contribution in [0, 0.1) is 11.8 Å². The fraction of sp³-hybridized carbons (Fsp3) is 0.381. The zero-order valence-corrected chi connectivity index (χ0v) is 15.6. The largest absolute Gasteiger partial charge is 0.391 e. The Bertz CT molecular complexity index is 753. The molecule has 0 aromatic rings. The Morgan fingerprint density at radius 3 is 1.73 bits per heavy atom. The van der Waals surface area contributed by atoms with E-state index in [2.05, 4.69) is 0 Å². The minimum atomic E-state index is -1.20. The normalized spacial score (nSPS) is 30.6. The quantitative estimate of drug-likeness (QED) is 0.795. The van der Waals surface area contributed by atoms with Gasteiger partial charge in [-0.05, 0) is 49.3 Å². The first-order valence-electron chi connectivity index (χ1n) is 8.79. The second-order valence-electron chi connectivity index (χ2n) is 7.21. The van der Waals surface area contributed by atoms with Crippen molar-refractivity contribution >= 4 is 5.78 Å². The first kappa shape index (κ1) is 18.4. The van der Waals surface area contributed by atoms with Gasteiger partial charge in [0, 0.05) is 44.8 Å². The number of rotatable bonds is 2. The minimum Gasteiger partial charge on any atom is -0.391 e. The molecule has 138 valence electrons. The van der Waals surface area contributed by atoms with Crippen LogP contribution in [0.5, 0.6) is 0 Å². The fourth-order valence-corrected chi connectivity index (χ4v) is 3.79. The maximum absolute atomic E-state index is 12.7. The van der Waals surface area contributed by atoms with Gasteiger partial charge >= 0.3 is 0 Å². The Labute approximate surface area is 154 Å². The van der Waals surface area contributed by atoms with E-state index in [0.29, 0.717) is 0 Å². The number of aliphatic hydroxyl groups is 2. The average Bonchev–Trinajstić information content (AvgIpc) is 2.84. The summed E-state index contributed by atoms with van der Waals surface area (Å²) in [5.74, 6) is -1.61. The molecule has 0 bridgehead atoms. The summed E-state index contributed by atoms with van der Waals surface area (Å²) in [5.41, 5.74) is 3.44. The molecule has 3 rings (SSSR count). The summed E-state index contributed by atoms with van der Waals surface area (Å²) in [6.07, 6.45) is 13.2. The summed E-state index contributed by atoms with van der Waals surface area (Å²) in [4.78, 5) is 16.6. The number of aliphatic hydroxyl groups excluding tert-OH is 2. The van der Waals surface area contributed by atoms with E-state index in [9.17, 15) is 15.0 Å². The third kappa shape index (κ3) is 3.20. The molecule has 26 heavy (non-hydrogen) atoms. The molecule has 5 heteroatoms. The highest BCUT2D eigenvalue weighted by Crippen LogP contribution is 2.40. The summed E-state index contributed by atoms with van der Waals surface area (Å²) in [6.45, 7) is 3.73. The van der Waals surface area contributed by atoms with Crippen LogP contribution in [-0.2, 0) is 4.79 Å². The summed E-state index contributed by atoms with van der Waals surface area (Å²) < 4.78 is 0. The van der Waals surface area contributed by atoms with E-state index in [1.807, 2.05) is 86.8 Å². The molecule has 4 atom stereocenters. The molecule has 0 aromatic heterocycles. The van der Waals surface area contributed by atoms with Gasteiger partial charge in [-0.25, -0.2) is 0 Å². The Morgan fingerprint density at radius 1 is 0.846 bits per heavy atom. The third-order valence-electron chi connectivity index (χ3n) is 5.48. The number of carbonyl (C=O) groups excluding carboxylic acids is 1. The van der Waals surface area contributed by atoms with Gasteiger partial charge < -0.3 is 20.0 Å². The van der Waals surface area contributed by atoms with Gasteiger partial charge in [0.05, 0.1) is 12.0 Å². The van der Waals surface area contributed by atoms with Crippen molar-refractivity contribution in [3.8, 4) is 0 Å². The predicted molar refractivity (Wildman–Crippen MR) is 101 cm³/mol. The topological polar surface area (TPSA) is 64.0 Å². The highest BCUT2D eigenvalue weighted by molar-refractivity contribution is 5.92. The van der Waals surface area contributed by atoms with E-state index >= 15 is 0 Å². The lowest BCUT2D eigenvalue weighted by Gasteiger charge is -2.24. The molecular weight excluding hydrogens is 328 g/mol. The third-order valence-corrected chi connectivity index (χ3v) is 5.48. The molecule has 0 radical (unpaired) electrons. The molecule has 0 saturated heterocycles. The number of carbonyl (C=O) groups is 1. The van der Waals surface area contributed by atoms with Crippen LogP contribution < -0.4 is 0 Å². The predicted octanol–water partition coefficient (Wildman–Crippen LogP) is 2.10. The van der Waals surface area contributed by atoms with Crippen molar-refractivity contribution in [3.05, 3.63) is 71.4 Å². The Morgan fingerprint density at radius 2 is 1.27 bits per heavy atom. The highest BCUT2D eigenvalue weighted by Gasteiger charge is 2.50. The van der Waals surface area contributed by atoms with Gasteiger partial charge in [0.1, 0.15) is 6.10 Å². The zero-order valence-electron chi connectivity index (χ0n) is 15.6. The molecule has 0 spiro atoms. The van der Waals surface area contributed by atoms with Gasteiger partial charge in [-0.2, -0.15) is 0 Å². The number of ketones is 1. The SMILES string of the molecule is CC(=C1C=CN(C)C=C1)C1C(=O)C(O)C(C(C)=C2C=CN(C)C=C2)C1O. The van der Waals surface area contributed by atoms with Crippen LogP contribution in [0.1, 0.15) is 13.8 Å². The van der Waals surface area contributed by atoms with Crippen LogP contribution in [0.25, 0.3) is 0 Å². The molecule has 1 aliphatic carbocycles. The van der Waals surface area contributed by atoms with Gasteiger partial charge in [0.15, 0.2) is 5.78 Å². The first-order chi connectivity index (χ1) is 12.3. The lowest BCUT2D eigenvalue weighted by molar-refractivity contribution is -0.127. The van der Waals surface area contributed by atoms with E-state index in [4.69, 9.17) is 0 Å². The first-order valence-corrected chi connectivity index (χ1v) is 8.79. The molecule has 5 nitrogen and oxygen atoms in total. The van der Waals surface area contributed by atoms with Crippen molar-refractivity contribution in [2.24, 2.45) is 11.8 Å². The van der Waals surface area contributed by atoms with E-state index < -0.39 is 24.0 Å². The molecule has 1 saturated carbocycles. The second kappa shape index (κ2) is 7.09. The maximum Gasteiger partial charge on any atom is 0.171 e. The Balaban J connectivity index is 1.94. The fourth-order valence-electron chi connectivity index (χ4n) is 3.79. The molecular formula is C21H26N2O3. The van der Waals surface area contributed by atoms with E-state index in [1.165, 1.54) is 0 Å². The van der Waals surface area contributed by atoms with Gasteiger partial charge in [-0.1, -0.05) is 11.1 Å². The minimum absolute atomic E-state index is 0.311. The maximum atomic E-state index is 12.7. The molecule has 2 N–H and O–H groups in total.